The Morgan fingerprint density at radius 3 is 2.64 bits per heavy atom. The van der Waals surface area contributed by atoms with Crippen LogP contribution < -0.4 is 4.90 Å². The highest BCUT2D eigenvalue weighted by Gasteiger charge is 2.34. The fourth-order valence-electron chi connectivity index (χ4n) is 1.70. The quantitative estimate of drug-likeness (QED) is 0.662. The van der Waals surface area contributed by atoms with Crippen LogP contribution in [-0.2, 0) is 9.53 Å². The van der Waals surface area contributed by atoms with Gasteiger partial charge in [0.2, 0.25) is 0 Å². The monoisotopic (exact) mass is 191 g/mol. The standard InChI is InChI=1S/C11H13NO2/c1-14-11(13)10-7-8-12(10)9-5-3-2-4-6-9/h2-6,10H,7-8H2,1H3. The molecule has 3 nitrogen and oxygen atoms in total. The van der Waals surface area contributed by atoms with E-state index >= 15 is 0 Å². The van der Waals surface area contributed by atoms with Crippen molar-refractivity contribution in [1.29, 1.82) is 0 Å². The first-order valence-electron chi connectivity index (χ1n) is 4.72. The van der Waals surface area contributed by atoms with Gasteiger partial charge in [-0.25, -0.2) is 4.79 Å². The van der Waals surface area contributed by atoms with E-state index in [0.717, 1.165) is 18.7 Å². The van der Waals surface area contributed by atoms with Crippen molar-refractivity contribution < 1.29 is 9.53 Å². The van der Waals surface area contributed by atoms with Gasteiger partial charge >= 0.3 is 5.97 Å². The molecule has 1 aromatic rings. The van der Waals surface area contributed by atoms with Crippen molar-refractivity contribution >= 4 is 11.7 Å². The molecule has 14 heavy (non-hydrogen) atoms. The molecule has 1 saturated heterocycles. The van der Waals surface area contributed by atoms with Gasteiger partial charge in [0.1, 0.15) is 6.04 Å². The Kier molecular flexibility index (Phi) is 2.39. The molecule has 1 aliphatic heterocycles. The summed E-state index contributed by atoms with van der Waals surface area (Å²) >= 11 is 0. The summed E-state index contributed by atoms with van der Waals surface area (Å²) in [6.45, 7) is 0.934. The molecule has 0 aromatic heterocycles. The number of rotatable bonds is 2. The molecule has 0 aliphatic carbocycles. The van der Waals surface area contributed by atoms with Crippen molar-refractivity contribution in [3.05, 3.63) is 30.3 Å². The Morgan fingerprint density at radius 1 is 1.43 bits per heavy atom. The number of methoxy groups -OCH3 is 1. The molecule has 1 atom stereocenters. The minimum atomic E-state index is -0.139. The summed E-state index contributed by atoms with van der Waals surface area (Å²) in [4.78, 5) is 13.4. The summed E-state index contributed by atoms with van der Waals surface area (Å²) < 4.78 is 4.73. The largest absolute Gasteiger partial charge is 0.467 e. The molecule has 1 unspecified atom stereocenters. The number of esters is 1. The molecule has 0 bridgehead atoms. The molecule has 0 amide bonds. The van der Waals surface area contributed by atoms with Gasteiger partial charge in [-0.15, -0.1) is 0 Å². The number of ether oxygens (including phenoxy) is 1. The summed E-state index contributed by atoms with van der Waals surface area (Å²) in [7, 11) is 1.43. The second-order valence-corrected chi connectivity index (χ2v) is 3.36. The second-order valence-electron chi connectivity index (χ2n) is 3.36. The lowest BCUT2D eigenvalue weighted by atomic mass is 10.0. The first-order chi connectivity index (χ1) is 6.83. The number of hydrogen-bond donors (Lipinski definition) is 0. The van der Waals surface area contributed by atoms with Crippen LogP contribution in [0.15, 0.2) is 30.3 Å². The second kappa shape index (κ2) is 3.70. The first-order valence-corrected chi connectivity index (χ1v) is 4.72. The third-order valence-corrected chi connectivity index (χ3v) is 2.58. The molecule has 0 spiro atoms. The molecule has 2 rings (SSSR count). The maximum atomic E-state index is 11.3. The molecular weight excluding hydrogens is 178 g/mol. The topological polar surface area (TPSA) is 29.5 Å². The van der Waals surface area contributed by atoms with E-state index in [1.807, 2.05) is 30.3 Å². The molecule has 1 aliphatic rings. The molecule has 1 fully saturated rings. The Hall–Kier alpha value is -1.51. The van der Waals surface area contributed by atoms with Crippen molar-refractivity contribution in [2.45, 2.75) is 12.5 Å². The minimum absolute atomic E-state index is 0.0811. The molecular formula is C11H13NO2. The van der Waals surface area contributed by atoms with Gasteiger partial charge < -0.3 is 9.64 Å². The smallest absolute Gasteiger partial charge is 0.328 e. The lowest BCUT2D eigenvalue weighted by molar-refractivity contribution is -0.143. The lowest BCUT2D eigenvalue weighted by Crippen LogP contribution is -2.53. The van der Waals surface area contributed by atoms with E-state index in [2.05, 4.69) is 4.90 Å². The van der Waals surface area contributed by atoms with Crippen LogP contribution in [0.25, 0.3) is 0 Å². The van der Waals surface area contributed by atoms with Crippen LogP contribution in [0.1, 0.15) is 6.42 Å². The summed E-state index contributed by atoms with van der Waals surface area (Å²) in [5, 5.41) is 0. The van der Waals surface area contributed by atoms with Crippen molar-refractivity contribution in [2.24, 2.45) is 0 Å². The SMILES string of the molecule is COC(=O)C1CCN1c1ccccc1. The van der Waals surface area contributed by atoms with Crippen LogP contribution in [0, 0.1) is 0 Å². The third kappa shape index (κ3) is 1.45. The Labute approximate surface area is 83.3 Å². The zero-order valence-corrected chi connectivity index (χ0v) is 8.14. The van der Waals surface area contributed by atoms with Gasteiger partial charge in [0, 0.05) is 12.2 Å². The Balaban J connectivity index is 2.10. The number of carbonyl (C=O) groups is 1. The number of para-hydroxylation sites is 1. The van der Waals surface area contributed by atoms with Gasteiger partial charge in [0.05, 0.1) is 7.11 Å². The average Bonchev–Trinajstić information content (AvgIpc) is 2.17. The van der Waals surface area contributed by atoms with Crippen LogP contribution in [-0.4, -0.2) is 25.7 Å². The molecule has 0 N–H and O–H groups in total. The van der Waals surface area contributed by atoms with Gasteiger partial charge in [-0.1, -0.05) is 18.2 Å². The summed E-state index contributed by atoms with van der Waals surface area (Å²) in [6.07, 6.45) is 0.890. The number of anilines is 1. The van der Waals surface area contributed by atoms with E-state index in [1.54, 1.807) is 0 Å². The molecule has 3 heteroatoms. The lowest BCUT2D eigenvalue weighted by Gasteiger charge is -2.40. The number of carbonyl (C=O) groups excluding carboxylic acids is 1. The van der Waals surface area contributed by atoms with Crippen molar-refractivity contribution in [3.63, 3.8) is 0 Å². The van der Waals surface area contributed by atoms with Crippen LogP contribution >= 0.6 is 0 Å². The van der Waals surface area contributed by atoms with Gasteiger partial charge in [-0.2, -0.15) is 0 Å². The maximum Gasteiger partial charge on any atom is 0.328 e. The highest BCUT2D eigenvalue weighted by molar-refractivity contribution is 5.82. The van der Waals surface area contributed by atoms with Crippen molar-refractivity contribution in [2.75, 3.05) is 18.6 Å². The van der Waals surface area contributed by atoms with Gasteiger partial charge in [-0.05, 0) is 18.6 Å². The van der Waals surface area contributed by atoms with Crippen LogP contribution in [0.4, 0.5) is 5.69 Å². The van der Waals surface area contributed by atoms with Gasteiger partial charge in [0.25, 0.3) is 0 Å². The summed E-state index contributed by atoms with van der Waals surface area (Å²) in [6, 6.07) is 9.85. The average molecular weight is 191 g/mol. The predicted octanol–water partition coefficient (Wildman–Crippen LogP) is 1.44. The van der Waals surface area contributed by atoms with E-state index in [4.69, 9.17) is 4.74 Å². The number of benzene rings is 1. The molecule has 0 radical (unpaired) electrons. The van der Waals surface area contributed by atoms with E-state index in [-0.39, 0.29) is 12.0 Å². The zero-order chi connectivity index (χ0) is 9.97. The molecule has 74 valence electrons. The normalized spacial score (nSPS) is 20.1. The van der Waals surface area contributed by atoms with Crippen molar-refractivity contribution in [1.82, 2.24) is 0 Å². The summed E-state index contributed by atoms with van der Waals surface area (Å²) in [5.74, 6) is -0.139. The van der Waals surface area contributed by atoms with Gasteiger partial charge in [0.15, 0.2) is 0 Å². The fraction of sp³-hybridized carbons (Fsp3) is 0.364. The highest BCUT2D eigenvalue weighted by Crippen LogP contribution is 2.26. The third-order valence-electron chi connectivity index (χ3n) is 2.58. The van der Waals surface area contributed by atoms with E-state index in [1.165, 1.54) is 7.11 Å². The van der Waals surface area contributed by atoms with E-state index in [9.17, 15) is 4.79 Å². The zero-order valence-electron chi connectivity index (χ0n) is 8.14. The summed E-state index contributed by atoms with van der Waals surface area (Å²) in [5.41, 5.74) is 1.09. The van der Waals surface area contributed by atoms with Crippen molar-refractivity contribution in [3.8, 4) is 0 Å². The Bertz CT molecular complexity index is 323. The van der Waals surface area contributed by atoms with Crippen LogP contribution in [0.5, 0.6) is 0 Å². The van der Waals surface area contributed by atoms with Crippen LogP contribution in [0.3, 0.4) is 0 Å². The maximum absolute atomic E-state index is 11.3. The van der Waals surface area contributed by atoms with Gasteiger partial charge in [-0.3, -0.25) is 0 Å². The molecule has 1 aromatic carbocycles. The van der Waals surface area contributed by atoms with Crippen LogP contribution in [0.2, 0.25) is 0 Å². The molecule has 1 heterocycles. The first kappa shape index (κ1) is 9.06. The molecule has 0 saturated carbocycles. The number of nitrogens with zero attached hydrogens (tertiary/aromatic N) is 1. The van der Waals surface area contributed by atoms with E-state index in [0.29, 0.717) is 0 Å². The Morgan fingerprint density at radius 2 is 2.14 bits per heavy atom. The number of hydrogen-bond acceptors (Lipinski definition) is 3. The minimum Gasteiger partial charge on any atom is -0.467 e. The highest BCUT2D eigenvalue weighted by atomic mass is 16.5. The predicted molar refractivity (Wildman–Crippen MR) is 54.2 cm³/mol. The fourth-order valence-corrected chi connectivity index (χ4v) is 1.70. The van der Waals surface area contributed by atoms with E-state index < -0.39 is 0 Å².